The van der Waals surface area contributed by atoms with Crippen LogP contribution in [-0.4, -0.2) is 40.8 Å². The maximum Gasteiger partial charge on any atom is 0.269 e. The summed E-state index contributed by atoms with van der Waals surface area (Å²) in [5, 5.41) is 2.94. The summed E-state index contributed by atoms with van der Waals surface area (Å²) in [7, 11) is 0. The number of nitrogens with zero attached hydrogens (tertiary/aromatic N) is 2. The minimum absolute atomic E-state index is 0.0189. The lowest BCUT2D eigenvalue weighted by Crippen LogP contribution is -2.43. The lowest BCUT2D eigenvalue weighted by molar-refractivity contribution is 0.0608. The number of aromatic nitrogens is 1. The summed E-state index contributed by atoms with van der Waals surface area (Å²) in [5.41, 5.74) is 2.32. The van der Waals surface area contributed by atoms with Crippen molar-refractivity contribution in [3.63, 3.8) is 0 Å². The minimum atomic E-state index is -0.202. The number of rotatable bonds is 6. The Bertz CT molecular complexity index is 699. The Kier molecular flexibility index (Phi) is 7.02. The molecular formula is C22H31N3O2. The topological polar surface area (TPSA) is 62.3 Å². The van der Waals surface area contributed by atoms with Crippen LogP contribution in [0.1, 0.15) is 85.6 Å². The van der Waals surface area contributed by atoms with Crippen LogP contribution in [0.2, 0.25) is 0 Å². The van der Waals surface area contributed by atoms with Gasteiger partial charge in [0.05, 0.1) is 0 Å². The van der Waals surface area contributed by atoms with Gasteiger partial charge in [0, 0.05) is 30.9 Å². The van der Waals surface area contributed by atoms with Gasteiger partial charge in [-0.15, -0.1) is 0 Å². The normalized spacial score (nSPS) is 20.1. The van der Waals surface area contributed by atoms with E-state index >= 15 is 0 Å². The highest BCUT2D eigenvalue weighted by molar-refractivity contribution is 5.98. The van der Waals surface area contributed by atoms with Crippen molar-refractivity contribution in [2.45, 2.75) is 70.8 Å². The fourth-order valence-electron chi connectivity index (χ4n) is 4.10. The molecule has 1 aromatic rings. The Labute approximate surface area is 162 Å². The van der Waals surface area contributed by atoms with Crippen molar-refractivity contribution in [2.24, 2.45) is 0 Å². The highest BCUT2D eigenvalue weighted by Crippen LogP contribution is 2.22. The lowest BCUT2D eigenvalue weighted by Gasteiger charge is -2.35. The Morgan fingerprint density at radius 2 is 2.15 bits per heavy atom. The standard InChI is InChI=1S/C22H31N3O2/c1-2-19-10-6-7-15-25(19)22(27)18-12-14-23-20(16-18)21(26)24-13-11-17-8-4-3-5-9-17/h8,12,14,16,19H,2-7,9-11,13,15H2,1H3,(H,24,26). The minimum Gasteiger partial charge on any atom is -0.350 e. The van der Waals surface area contributed by atoms with Crippen molar-refractivity contribution in [1.29, 1.82) is 0 Å². The average molecular weight is 370 g/mol. The summed E-state index contributed by atoms with van der Waals surface area (Å²) in [5.74, 6) is -0.183. The van der Waals surface area contributed by atoms with Crippen LogP contribution in [0, 0.1) is 0 Å². The van der Waals surface area contributed by atoms with Crippen LogP contribution in [0.15, 0.2) is 30.0 Å². The molecule has 146 valence electrons. The van der Waals surface area contributed by atoms with Crippen LogP contribution < -0.4 is 5.32 Å². The number of hydrogen-bond donors (Lipinski definition) is 1. The second kappa shape index (κ2) is 9.67. The molecular weight excluding hydrogens is 338 g/mol. The molecule has 3 rings (SSSR count). The molecule has 27 heavy (non-hydrogen) atoms. The summed E-state index contributed by atoms with van der Waals surface area (Å²) >= 11 is 0. The van der Waals surface area contributed by atoms with Crippen molar-refractivity contribution in [3.8, 4) is 0 Å². The van der Waals surface area contributed by atoms with E-state index in [1.807, 2.05) is 4.90 Å². The zero-order valence-electron chi connectivity index (χ0n) is 16.4. The van der Waals surface area contributed by atoms with Crippen LogP contribution in [0.5, 0.6) is 0 Å². The SMILES string of the molecule is CCC1CCCCN1C(=O)c1ccnc(C(=O)NCCC2=CCCCC2)c1. The Morgan fingerprint density at radius 1 is 1.26 bits per heavy atom. The first-order valence-electron chi connectivity index (χ1n) is 10.4. The molecule has 0 radical (unpaired) electrons. The number of pyridine rings is 1. The summed E-state index contributed by atoms with van der Waals surface area (Å²) in [6.45, 7) is 3.55. The van der Waals surface area contributed by atoms with E-state index in [-0.39, 0.29) is 11.8 Å². The van der Waals surface area contributed by atoms with Gasteiger partial charge in [0.25, 0.3) is 11.8 Å². The highest BCUT2D eigenvalue weighted by Gasteiger charge is 2.26. The molecule has 2 aliphatic rings. The third-order valence-corrected chi connectivity index (χ3v) is 5.72. The van der Waals surface area contributed by atoms with E-state index in [9.17, 15) is 9.59 Å². The molecule has 2 heterocycles. The molecule has 2 amide bonds. The molecule has 1 atom stereocenters. The van der Waals surface area contributed by atoms with Gasteiger partial charge in [0.1, 0.15) is 5.69 Å². The molecule has 5 heteroatoms. The summed E-state index contributed by atoms with van der Waals surface area (Å²) < 4.78 is 0. The molecule has 0 spiro atoms. The van der Waals surface area contributed by atoms with E-state index in [0.29, 0.717) is 23.8 Å². The number of hydrogen-bond acceptors (Lipinski definition) is 3. The Morgan fingerprint density at radius 3 is 2.93 bits per heavy atom. The van der Waals surface area contributed by atoms with E-state index in [0.717, 1.165) is 45.1 Å². The maximum atomic E-state index is 12.9. The Hall–Kier alpha value is -2.17. The second-order valence-corrected chi connectivity index (χ2v) is 7.60. The van der Waals surface area contributed by atoms with E-state index in [1.54, 1.807) is 18.3 Å². The van der Waals surface area contributed by atoms with Crippen molar-refractivity contribution < 1.29 is 9.59 Å². The maximum absolute atomic E-state index is 12.9. The third-order valence-electron chi connectivity index (χ3n) is 5.72. The molecule has 1 fully saturated rings. The molecule has 0 saturated carbocycles. The molecule has 1 aromatic heterocycles. The molecule has 0 aromatic carbocycles. The first-order chi connectivity index (χ1) is 13.2. The summed E-state index contributed by atoms with van der Waals surface area (Å²) in [4.78, 5) is 31.5. The van der Waals surface area contributed by atoms with Gasteiger partial charge >= 0.3 is 0 Å². The molecule has 1 aliphatic heterocycles. The monoisotopic (exact) mass is 369 g/mol. The molecule has 5 nitrogen and oxygen atoms in total. The van der Waals surface area contributed by atoms with Gasteiger partial charge < -0.3 is 10.2 Å². The zero-order chi connectivity index (χ0) is 19.1. The number of piperidine rings is 1. The van der Waals surface area contributed by atoms with Crippen LogP contribution >= 0.6 is 0 Å². The largest absolute Gasteiger partial charge is 0.350 e. The van der Waals surface area contributed by atoms with Crippen LogP contribution in [0.4, 0.5) is 0 Å². The van der Waals surface area contributed by atoms with Gasteiger partial charge in [-0.3, -0.25) is 14.6 Å². The molecule has 1 unspecified atom stereocenters. The average Bonchev–Trinajstić information content (AvgIpc) is 2.74. The van der Waals surface area contributed by atoms with Crippen molar-refractivity contribution in [3.05, 3.63) is 41.2 Å². The van der Waals surface area contributed by atoms with E-state index in [1.165, 1.54) is 24.8 Å². The van der Waals surface area contributed by atoms with Gasteiger partial charge in [-0.25, -0.2) is 0 Å². The lowest BCUT2D eigenvalue weighted by atomic mass is 9.97. The smallest absolute Gasteiger partial charge is 0.269 e. The highest BCUT2D eigenvalue weighted by atomic mass is 16.2. The summed E-state index contributed by atoms with van der Waals surface area (Å²) in [6, 6.07) is 3.66. The predicted molar refractivity (Wildman–Crippen MR) is 107 cm³/mol. The van der Waals surface area contributed by atoms with Crippen LogP contribution in [0.25, 0.3) is 0 Å². The number of amides is 2. The van der Waals surface area contributed by atoms with E-state index < -0.39 is 0 Å². The quantitative estimate of drug-likeness (QED) is 0.768. The van der Waals surface area contributed by atoms with Gasteiger partial charge in [-0.1, -0.05) is 18.6 Å². The second-order valence-electron chi connectivity index (χ2n) is 7.60. The van der Waals surface area contributed by atoms with Crippen molar-refractivity contribution in [1.82, 2.24) is 15.2 Å². The van der Waals surface area contributed by atoms with Gasteiger partial charge in [0.15, 0.2) is 0 Å². The fourth-order valence-corrected chi connectivity index (χ4v) is 4.10. The van der Waals surface area contributed by atoms with Crippen molar-refractivity contribution >= 4 is 11.8 Å². The molecule has 1 aliphatic carbocycles. The number of allylic oxidation sites excluding steroid dienone is 1. The first kappa shape index (κ1) is 19.6. The molecule has 1 N–H and O–H groups in total. The van der Waals surface area contributed by atoms with Crippen LogP contribution in [-0.2, 0) is 0 Å². The van der Waals surface area contributed by atoms with Crippen molar-refractivity contribution in [2.75, 3.05) is 13.1 Å². The zero-order valence-corrected chi connectivity index (χ0v) is 16.4. The molecule has 1 saturated heterocycles. The van der Waals surface area contributed by atoms with Crippen LogP contribution in [0.3, 0.4) is 0 Å². The molecule has 0 bridgehead atoms. The fraction of sp³-hybridized carbons (Fsp3) is 0.591. The number of carbonyl (C=O) groups excluding carboxylic acids is 2. The van der Waals surface area contributed by atoms with Gasteiger partial charge in [0.2, 0.25) is 0 Å². The van der Waals surface area contributed by atoms with E-state index in [2.05, 4.69) is 23.3 Å². The third kappa shape index (κ3) is 5.18. The number of likely N-dealkylation sites (tertiary alicyclic amines) is 1. The van der Waals surface area contributed by atoms with Gasteiger partial charge in [-0.05, 0) is 69.9 Å². The summed E-state index contributed by atoms with van der Waals surface area (Å²) in [6.07, 6.45) is 13.9. The van der Waals surface area contributed by atoms with E-state index in [4.69, 9.17) is 0 Å². The first-order valence-corrected chi connectivity index (χ1v) is 10.4. The van der Waals surface area contributed by atoms with Gasteiger partial charge in [-0.2, -0.15) is 0 Å². The number of nitrogens with one attached hydrogen (secondary N) is 1. The number of carbonyl (C=O) groups is 2. The Balaban J connectivity index is 1.59. The predicted octanol–water partition coefficient (Wildman–Crippen LogP) is 4.11.